The van der Waals surface area contributed by atoms with E-state index in [9.17, 15) is 9.59 Å². The zero-order valence-electron chi connectivity index (χ0n) is 19.8. The number of hydrogen-bond acceptors (Lipinski definition) is 7. The molecule has 5 rings (SSSR count). The summed E-state index contributed by atoms with van der Waals surface area (Å²) in [5.41, 5.74) is 3.39. The molecule has 7 nitrogen and oxygen atoms in total. The largest absolute Gasteiger partial charge is 0.496 e. The van der Waals surface area contributed by atoms with Crippen molar-refractivity contribution in [2.45, 2.75) is 4.34 Å². The van der Waals surface area contributed by atoms with Gasteiger partial charge in [-0.3, -0.25) is 9.59 Å². The fourth-order valence-corrected chi connectivity index (χ4v) is 6.02. The van der Waals surface area contributed by atoms with E-state index in [1.807, 2.05) is 71.6 Å². The Morgan fingerprint density at radius 1 is 0.972 bits per heavy atom. The second-order valence-corrected chi connectivity index (χ2v) is 10.6. The van der Waals surface area contributed by atoms with Gasteiger partial charge in [-0.1, -0.05) is 36.0 Å². The van der Waals surface area contributed by atoms with Gasteiger partial charge in [0.15, 0.2) is 4.34 Å². The minimum atomic E-state index is -0.0597. The van der Waals surface area contributed by atoms with Gasteiger partial charge in [-0.25, -0.2) is 4.98 Å². The van der Waals surface area contributed by atoms with Crippen LogP contribution in [0.3, 0.4) is 0 Å². The number of fused-ring (bicyclic) bond motifs is 1. The van der Waals surface area contributed by atoms with Gasteiger partial charge in [0, 0.05) is 37.6 Å². The molecule has 1 fully saturated rings. The van der Waals surface area contributed by atoms with Crippen LogP contribution in [0, 0.1) is 0 Å². The molecule has 184 valence electrons. The molecule has 3 aromatic carbocycles. The summed E-state index contributed by atoms with van der Waals surface area (Å²) in [7, 11) is 1.58. The van der Waals surface area contributed by atoms with Gasteiger partial charge in [-0.2, -0.15) is 0 Å². The number of benzene rings is 3. The van der Waals surface area contributed by atoms with Crippen LogP contribution in [-0.2, 0) is 4.79 Å². The third-order valence-electron chi connectivity index (χ3n) is 6.02. The van der Waals surface area contributed by atoms with Crippen LogP contribution in [0.2, 0.25) is 0 Å². The van der Waals surface area contributed by atoms with Crippen LogP contribution in [0.1, 0.15) is 10.4 Å². The Hall–Kier alpha value is -3.56. The SMILES string of the molecule is COc1ccccc1C(=O)N1CCN(c2ccc(NC(=O)CSc3nc4ccccc4s3)cc2)CC1. The van der Waals surface area contributed by atoms with Crippen LogP contribution >= 0.6 is 23.1 Å². The zero-order chi connectivity index (χ0) is 24.9. The van der Waals surface area contributed by atoms with Gasteiger partial charge in [-0.05, 0) is 48.5 Å². The quantitative estimate of drug-likeness (QED) is 0.347. The third-order valence-corrected chi connectivity index (χ3v) is 8.20. The number of hydrogen-bond donors (Lipinski definition) is 1. The molecule has 0 aliphatic carbocycles. The summed E-state index contributed by atoms with van der Waals surface area (Å²) in [5, 5.41) is 2.96. The fourth-order valence-electron chi connectivity index (χ4n) is 4.15. The van der Waals surface area contributed by atoms with Crippen molar-refractivity contribution in [3.05, 3.63) is 78.4 Å². The molecule has 1 aliphatic heterocycles. The Kier molecular flexibility index (Phi) is 7.39. The number of rotatable bonds is 7. The molecule has 1 aliphatic rings. The Labute approximate surface area is 218 Å². The summed E-state index contributed by atoms with van der Waals surface area (Å²) in [6, 6.07) is 23.2. The Balaban J connectivity index is 1.11. The number of amides is 2. The van der Waals surface area contributed by atoms with Crippen molar-refractivity contribution in [2.24, 2.45) is 0 Å². The number of aromatic nitrogens is 1. The Morgan fingerprint density at radius 3 is 2.44 bits per heavy atom. The number of piperazine rings is 1. The van der Waals surface area contributed by atoms with Gasteiger partial charge in [0.1, 0.15) is 5.75 Å². The summed E-state index contributed by atoms with van der Waals surface area (Å²) in [6.45, 7) is 2.76. The van der Waals surface area contributed by atoms with Crippen molar-refractivity contribution < 1.29 is 14.3 Å². The van der Waals surface area contributed by atoms with Crippen LogP contribution in [-0.4, -0.2) is 60.7 Å². The monoisotopic (exact) mass is 518 g/mol. The smallest absolute Gasteiger partial charge is 0.257 e. The van der Waals surface area contributed by atoms with Crippen molar-refractivity contribution in [1.29, 1.82) is 0 Å². The maximum atomic E-state index is 12.9. The highest BCUT2D eigenvalue weighted by molar-refractivity contribution is 8.01. The van der Waals surface area contributed by atoms with Crippen molar-refractivity contribution in [1.82, 2.24) is 9.88 Å². The molecule has 1 saturated heterocycles. The van der Waals surface area contributed by atoms with Crippen LogP contribution < -0.4 is 15.0 Å². The molecule has 36 heavy (non-hydrogen) atoms. The first kappa shape index (κ1) is 24.1. The van der Waals surface area contributed by atoms with E-state index in [4.69, 9.17) is 4.74 Å². The molecule has 0 spiro atoms. The molecule has 1 aromatic heterocycles. The van der Waals surface area contributed by atoms with Gasteiger partial charge in [0.2, 0.25) is 5.91 Å². The lowest BCUT2D eigenvalue weighted by Crippen LogP contribution is -2.48. The van der Waals surface area contributed by atoms with E-state index in [1.54, 1.807) is 24.5 Å². The minimum absolute atomic E-state index is 0.00567. The molecule has 0 unspecified atom stereocenters. The number of ether oxygens (including phenoxy) is 1. The van der Waals surface area contributed by atoms with Crippen molar-refractivity contribution >= 4 is 56.5 Å². The third kappa shape index (κ3) is 5.47. The molecular weight excluding hydrogens is 492 g/mol. The summed E-state index contributed by atoms with van der Waals surface area (Å²) < 4.78 is 7.36. The lowest BCUT2D eigenvalue weighted by molar-refractivity contribution is -0.113. The predicted octanol–water partition coefficient (Wildman–Crippen LogP) is 5.00. The van der Waals surface area contributed by atoms with Crippen molar-refractivity contribution in [3.63, 3.8) is 0 Å². The zero-order valence-corrected chi connectivity index (χ0v) is 21.5. The van der Waals surface area contributed by atoms with Crippen molar-refractivity contribution in [3.8, 4) is 5.75 Å². The van der Waals surface area contributed by atoms with Gasteiger partial charge in [0.25, 0.3) is 5.91 Å². The number of thioether (sulfide) groups is 1. The molecular formula is C27H26N4O3S2. The maximum Gasteiger partial charge on any atom is 0.257 e. The lowest BCUT2D eigenvalue weighted by Gasteiger charge is -2.36. The van der Waals surface area contributed by atoms with E-state index in [0.717, 1.165) is 39.0 Å². The predicted molar refractivity (Wildman–Crippen MR) is 147 cm³/mol. The topological polar surface area (TPSA) is 74.8 Å². The van der Waals surface area contributed by atoms with Crippen LogP contribution in [0.5, 0.6) is 5.75 Å². The summed E-state index contributed by atoms with van der Waals surface area (Å²) in [4.78, 5) is 34.1. The van der Waals surface area contributed by atoms with Crippen LogP contribution in [0.4, 0.5) is 11.4 Å². The number of nitrogens with zero attached hydrogens (tertiary/aromatic N) is 3. The number of carbonyl (C=O) groups is 2. The molecule has 2 heterocycles. The van der Waals surface area contributed by atoms with Crippen LogP contribution in [0.15, 0.2) is 77.1 Å². The number of nitrogens with one attached hydrogen (secondary N) is 1. The number of para-hydroxylation sites is 2. The highest BCUT2D eigenvalue weighted by Gasteiger charge is 2.24. The molecule has 1 N–H and O–H groups in total. The first-order valence-corrected chi connectivity index (χ1v) is 13.5. The first-order chi connectivity index (χ1) is 17.6. The van der Waals surface area contributed by atoms with Crippen LogP contribution in [0.25, 0.3) is 10.2 Å². The number of thiazole rings is 1. The molecule has 4 aromatic rings. The molecule has 0 radical (unpaired) electrons. The second kappa shape index (κ2) is 11.0. The van der Waals surface area contributed by atoms with E-state index in [1.165, 1.54) is 11.8 Å². The standard InChI is InChI=1S/C27H26N4O3S2/c1-34-23-8-4-2-6-21(23)26(33)31-16-14-30(15-17-31)20-12-10-19(11-13-20)28-25(32)18-35-27-29-22-7-3-5-9-24(22)36-27/h2-13H,14-18H2,1H3,(H,28,32). The van der Waals surface area contributed by atoms with Gasteiger partial charge >= 0.3 is 0 Å². The van der Waals surface area contributed by atoms with E-state index >= 15 is 0 Å². The van der Waals surface area contributed by atoms with Gasteiger partial charge in [-0.15, -0.1) is 11.3 Å². The molecule has 0 atom stereocenters. The maximum absolute atomic E-state index is 12.9. The lowest BCUT2D eigenvalue weighted by atomic mass is 10.1. The number of methoxy groups -OCH3 is 1. The second-order valence-electron chi connectivity index (χ2n) is 8.31. The number of anilines is 2. The average Bonchev–Trinajstić information content (AvgIpc) is 3.35. The van der Waals surface area contributed by atoms with E-state index in [-0.39, 0.29) is 11.8 Å². The highest BCUT2D eigenvalue weighted by atomic mass is 32.2. The Bertz CT molecular complexity index is 1330. The fraction of sp³-hybridized carbons (Fsp3) is 0.222. The van der Waals surface area contributed by atoms with E-state index < -0.39 is 0 Å². The first-order valence-electron chi connectivity index (χ1n) is 11.7. The van der Waals surface area contributed by atoms with E-state index in [0.29, 0.717) is 30.2 Å². The molecule has 0 saturated carbocycles. The molecule has 2 amide bonds. The van der Waals surface area contributed by atoms with E-state index in [2.05, 4.69) is 15.2 Å². The Morgan fingerprint density at radius 2 is 1.69 bits per heavy atom. The summed E-state index contributed by atoms with van der Waals surface area (Å²) >= 11 is 3.05. The highest BCUT2D eigenvalue weighted by Crippen LogP contribution is 2.29. The average molecular weight is 519 g/mol. The van der Waals surface area contributed by atoms with Gasteiger partial charge in [0.05, 0.1) is 28.6 Å². The normalized spacial score (nSPS) is 13.6. The molecule has 9 heteroatoms. The minimum Gasteiger partial charge on any atom is -0.496 e. The summed E-state index contributed by atoms with van der Waals surface area (Å²) in [5.74, 6) is 0.842. The number of carbonyl (C=O) groups excluding carboxylic acids is 2. The summed E-state index contributed by atoms with van der Waals surface area (Å²) in [6.07, 6.45) is 0. The van der Waals surface area contributed by atoms with Crippen molar-refractivity contribution in [2.75, 3.05) is 49.3 Å². The molecule has 0 bridgehead atoms. The van der Waals surface area contributed by atoms with Gasteiger partial charge < -0.3 is 19.9 Å².